The van der Waals surface area contributed by atoms with Crippen molar-refractivity contribution in [2.24, 2.45) is 5.92 Å². The number of fused-ring (bicyclic) bond motifs is 2. The molecule has 2 heteroatoms. The first-order valence-corrected chi connectivity index (χ1v) is 9.09. The summed E-state index contributed by atoms with van der Waals surface area (Å²) in [5.41, 5.74) is 4.35. The number of alkyl halides is 1. The van der Waals surface area contributed by atoms with Crippen molar-refractivity contribution in [3.63, 3.8) is 0 Å². The van der Waals surface area contributed by atoms with Gasteiger partial charge in [0.05, 0.1) is 5.38 Å². The molecule has 4 rings (SSSR count). The number of thioether (sulfide) groups is 1. The molecule has 0 saturated heterocycles. The molecule has 0 N–H and O–H groups in total. The van der Waals surface area contributed by atoms with E-state index >= 15 is 0 Å². The van der Waals surface area contributed by atoms with Crippen molar-refractivity contribution in [3.8, 4) is 0 Å². The van der Waals surface area contributed by atoms with Gasteiger partial charge < -0.3 is 0 Å². The number of benzene rings is 2. The molecule has 2 aromatic carbocycles. The molecule has 21 heavy (non-hydrogen) atoms. The maximum absolute atomic E-state index is 6.79. The highest BCUT2D eigenvalue weighted by atomic mass is 35.5. The van der Waals surface area contributed by atoms with E-state index in [0.29, 0.717) is 11.2 Å². The van der Waals surface area contributed by atoms with E-state index in [4.69, 9.17) is 11.6 Å². The molecule has 108 valence electrons. The van der Waals surface area contributed by atoms with Gasteiger partial charge in [-0.3, -0.25) is 0 Å². The van der Waals surface area contributed by atoms with Gasteiger partial charge in [-0.05, 0) is 54.4 Å². The Morgan fingerprint density at radius 3 is 2.62 bits per heavy atom. The SMILES string of the molecule is ClC1c2ccccc2CCC1CC1Cc2ccccc2S1. The van der Waals surface area contributed by atoms with Crippen molar-refractivity contribution >= 4 is 23.4 Å². The van der Waals surface area contributed by atoms with Gasteiger partial charge in [-0.25, -0.2) is 0 Å². The van der Waals surface area contributed by atoms with Crippen LogP contribution in [0.15, 0.2) is 53.4 Å². The summed E-state index contributed by atoms with van der Waals surface area (Å²) >= 11 is 8.85. The Balaban J connectivity index is 1.48. The second-order valence-electron chi connectivity index (χ2n) is 6.19. The number of hydrogen-bond donors (Lipinski definition) is 0. The zero-order valence-corrected chi connectivity index (χ0v) is 13.5. The van der Waals surface area contributed by atoms with Crippen LogP contribution in [0.2, 0.25) is 0 Å². The molecular weight excluding hydrogens is 296 g/mol. The molecule has 3 unspecified atom stereocenters. The first-order valence-electron chi connectivity index (χ1n) is 7.77. The van der Waals surface area contributed by atoms with Gasteiger partial charge in [-0.1, -0.05) is 42.5 Å². The molecule has 0 amide bonds. The zero-order valence-electron chi connectivity index (χ0n) is 12.0. The summed E-state index contributed by atoms with van der Waals surface area (Å²) in [6.45, 7) is 0. The molecule has 0 radical (unpaired) electrons. The highest BCUT2D eigenvalue weighted by Crippen LogP contribution is 2.46. The Morgan fingerprint density at radius 1 is 1.00 bits per heavy atom. The summed E-state index contributed by atoms with van der Waals surface area (Å²) in [6, 6.07) is 17.5. The maximum Gasteiger partial charge on any atom is 0.0616 e. The van der Waals surface area contributed by atoms with E-state index in [1.165, 1.54) is 47.3 Å². The summed E-state index contributed by atoms with van der Waals surface area (Å²) in [5, 5.41) is 0.901. The van der Waals surface area contributed by atoms with E-state index in [2.05, 4.69) is 60.3 Å². The van der Waals surface area contributed by atoms with Crippen LogP contribution in [0, 0.1) is 5.92 Å². The molecule has 0 saturated carbocycles. The Hall–Kier alpha value is -0.920. The molecule has 0 spiro atoms. The van der Waals surface area contributed by atoms with Gasteiger partial charge in [-0.2, -0.15) is 0 Å². The van der Waals surface area contributed by atoms with Crippen molar-refractivity contribution in [2.75, 3.05) is 0 Å². The fraction of sp³-hybridized carbons (Fsp3) is 0.368. The van der Waals surface area contributed by atoms with E-state index < -0.39 is 0 Å². The van der Waals surface area contributed by atoms with Gasteiger partial charge in [0.1, 0.15) is 0 Å². The van der Waals surface area contributed by atoms with Crippen LogP contribution in [0.3, 0.4) is 0 Å². The number of rotatable bonds is 2. The van der Waals surface area contributed by atoms with Gasteiger partial charge in [0, 0.05) is 10.1 Å². The molecular formula is C19H19ClS. The fourth-order valence-electron chi connectivity index (χ4n) is 3.73. The van der Waals surface area contributed by atoms with Crippen LogP contribution >= 0.6 is 23.4 Å². The second-order valence-corrected chi connectivity index (χ2v) is 8.00. The number of halogens is 1. The molecule has 2 aliphatic rings. The van der Waals surface area contributed by atoms with Gasteiger partial charge in [0.2, 0.25) is 0 Å². The standard InChI is InChI=1S/C19H19ClS/c20-19-15(10-9-13-5-1-3-7-17(13)19)12-16-11-14-6-2-4-8-18(14)21-16/h1-8,15-16,19H,9-12H2. The van der Waals surface area contributed by atoms with Crippen LogP contribution in [0.25, 0.3) is 0 Å². The lowest BCUT2D eigenvalue weighted by Crippen LogP contribution is -2.20. The van der Waals surface area contributed by atoms with Crippen molar-refractivity contribution in [1.29, 1.82) is 0 Å². The van der Waals surface area contributed by atoms with E-state index in [1.54, 1.807) is 0 Å². The average Bonchev–Trinajstić information content (AvgIpc) is 2.93. The summed E-state index contributed by atoms with van der Waals surface area (Å²) in [5.74, 6) is 0.619. The molecule has 3 atom stereocenters. The van der Waals surface area contributed by atoms with Crippen LogP contribution in [0.5, 0.6) is 0 Å². The third-order valence-corrected chi connectivity index (χ3v) is 6.77. The smallest absolute Gasteiger partial charge is 0.0616 e. The van der Waals surface area contributed by atoms with Crippen molar-refractivity contribution in [2.45, 2.75) is 41.2 Å². The van der Waals surface area contributed by atoms with E-state index in [-0.39, 0.29) is 5.38 Å². The first-order chi connectivity index (χ1) is 10.3. The monoisotopic (exact) mass is 314 g/mol. The minimum absolute atomic E-state index is 0.194. The third kappa shape index (κ3) is 2.62. The largest absolute Gasteiger partial charge is 0.122 e. The van der Waals surface area contributed by atoms with E-state index in [1.807, 2.05) is 0 Å². The average molecular weight is 315 g/mol. The Morgan fingerprint density at radius 2 is 1.76 bits per heavy atom. The Labute approximate surface area is 135 Å². The summed E-state index contributed by atoms with van der Waals surface area (Å²) < 4.78 is 0. The molecule has 0 aromatic heterocycles. The molecule has 0 bridgehead atoms. The third-order valence-electron chi connectivity index (χ3n) is 4.83. The van der Waals surface area contributed by atoms with Crippen LogP contribution in [-0.4, -0.2) is 5.25 Å². The van der Waals surface area contributed by atoms with E-state index in [0.717, 1.165) is 0 Å². The number of aryl methyl sites for hydroxylation is 1. The van der Waals surface area contributed by atoms with Gasteiger partial charge in [0.15, 0.2) is 0 Å². The van der Waals surface area contributed by atoms with E-state index in [9.17, 15) is 0 Å². The van der Waals surface area contributed by atoms with Crippen LogP contribution < -0.4 is 0 Å². The summed E-state index contributed by atoms with van der Waals surface area (Å²) in [4.78, 5) is 1.48. The number of hydrogen-bond acceptors (Lipinski definition) is 1. The Kier molecular flexibility index (Phi) is 3.72. The van der Waals surface area contributed by atoms with Crippen molar-refractivity contribution < 1.29 is 0 Å². The highest BCUT2D eigenvalue weighted by molar-refractivity contribution is 8.00. The molecule has 1 aliphatic heterocycles. The lowest BCUT2D eigenvalue weighted by atomic mass is 9.80. The molecule has 1 aliphatic carbocycles. The predicted octanol–water partition coefficient (Wildman–Crippen LogP) is 5.64. The predicted molar refractivity (Wildman–Crippen MR) is 91.3 cm³/mol. The summed E-state index contributed by atoms with van der Waals surface area (Å²) in [7, 11) is 0. The zero-order chi connectivity index (χ0) is 14.2. The minimum Gasteiger partial charge on any atom is -0.122 e. The summed E-state index contributed by atoms with van der Waals surface area (Å²) in [6.07, 6.45) is 4.87. The normalized spacial score (nSPS) is 27.2. The van der Waals surface area contributed by atoms with Crippen LogP contribution in [0.1, 0.15) is 34.9 Å². The lowest BCUT2D eigenvalue weighted by Gasteiger charge is -2.31. The van der Waals surface area contributed by atoms with Gasteiger partial charge in [0.25, 0.3) is 0 Å². The molecule has 1 heterocycles. The van der Waals surface area contributed by atoms with Crippen molar-refractivity contribution in [1.82, 2.24) is 0 Å². The lowest BCUT2D eigenvalue weighted by molar-refractivity contribution is 0.409. The molecule has 2 aromatic rings. The van der Waals surface area contributed by atoms with Crippen molar-refractivity contribution in [3.05, 3.63) is 65.2 Å². The molecule has 0 fully saturated rings. The second kappa shape index (κ2) is 5.70. The van der Waals surface area contributed by atoms with Gasteiger partial charge in [-0.15, -0.1) is 23.4 Å². The first kappa shape index (κ1) is 13.7. The molecule has 0 nitrogen and oxygen atoms in total. The highest BCUT2D eigenvalue weighted by Gasteiger charge is 2.32. The van der Waals surface area contributed by atoms with Crippen LogP contribution in [0.4, 0.5) is 0 Å². The van der Waals surface area contributed by atoms with Gasteiger partial charge >= 0.3 is 0 Å². The topological polar surface area (TPSA) is 0 Å². The van der Waals surface area contributed by atoms with Crippen LogP contribution in [-0.2, 0) is 12.8 Å². The quantitative estimate of drug-likeness (QED) is 0.647. The maximum atomic E-state index is 6.79. The fourth-order valence-corrected chi connectivity index (χ4v) is 5.60. The minimum atomic E-state index is 0.194. The Bertz CT molecular complexity index is 627.